The standard InChI is InChI=1S/C14H14BrClN2/c1-14(2,3)11-8-12(16)18-13(17-11)9-6-4-5-7-10(9)15/h4-8H,1-3H3. The average Bonchev–Trinajstić information content (AvgIpc) is 2.27. The third-order valence-electron chi connectivity index (χ3n) is 2.58. The van der Waals surface area contributed by atoms with Gasteiger partial charge in [-0.3, -0.25) is 0 Å². The molecule has 1 aromatic carbocycles. The van der Waals surface area contributed by atoms with Crippen LogP contribution in [0.4, 0.5) is 0 Å². The average molecular weight is 326 g/mol. The van der Waals surface area contributed by atoms with Crippen LogP contribution in [0.1, 0.15) is 26.5 Å². The monoisotopic (exact) mass is 324 g/mol. The molecule has 0 amide bonds. The molecule has 0 atom stereocenters. The molecular formula is C14H14BrClN2. The predicted octanol–water partition coefficient (Wildman–Crippen LogP) is 4.86. The smallest absolute Gasteiger partial charge is 0.162 e. The van der Waals surface area contributed by atoms with Crippen LogP contribution >= 0.6 is 27.5 Å². The molecule has 0 N–H and O–H groups in total. The van der Waals surface area contributed by atoms with Gasteiger partial charge in [0, 0.05) is 15.5 Å². The lowest BCUT2D eigenvalue weighted by Crippen LogP contribution is -2.14. The Bertz CT molecular complexity index is 576. The summed E-state index contributed by atoms with van der Waals surface area (Å²) in [6.45, 7) is 6.32. The van der Waals surface area contributed by atoms with E-state index >= 15 is 0 Å². The van der Waals surface area contributed by atoms with Gasteiger partial charge >= 0.3 is 0 Å². The topological polar surface area (TPSA) is 25.8 Å². The number of benzene rings is 1. The first-order chi connectivity index (χ1) is 8.38. The van der Waals surface area contributed by atoms with Gasteiger partial charge in [-0.05, 0) is 12.1 Å². The molecule has 0 saturated carbocycles. The molecule has 2 nitrogen and oxygen atoms in total. The maximum Gasteiger partial charge on any atom is 0.162 e. The molecule has 0 aliphatic rings. The van der Waals surface area contributed by atoms with Crippen LogP contribution in [-0.4, -0.2) is 9.97 Å². The minimum absolute atomic E-state index is 0.0530. The van der Waals surface area contributed by atoms with E-state index in [1.54, 1.807) is 0 Å². The second kappa shape index (κ2) is 4.98. The van der Waals surface area contributed by atoms with Gasteiger partial charge in [0.2, 0.25) is 0 Å². The van der Waals surface area contributed by atoms with Gasteiger partial charge in [-0.15, -0.1) is 0 Å². The molecule has 2 rings (SSSR count). The molecule has 0 saturated heterocycles. The van der Waals surface area contributed by atoms with E-state index in [0.29, 0.717) is 11.0 Å². The fourth-order valence-corrected chi connectivity index (χ4v) is 2.21. The molecule has 0 aliphatic carbocycles. The van der Waals surface area contributed by atoms with Crippen LogP contribution in [0.25, 0.3) is 11.4 Å². The van der Waals surface area contributed by atoms with Gasteiger partial charge in [0.25, 0.3) is 0 Å². The Morgan fingerprint density at radius 2 is 1.78 bits per heavy atom. The lowest BCUT2D eigenvalue weighted by Gasteiger charge is -2.18. The lowest BCUT2D eigenvalue weighted by molar-refractivity contribution is 0.568. The molecule has 0 spiro atoms. The molecule has 1 heterocycles. The van der Waals surface area contributed by atoms with Gasteiger partial charge < -0.3 is 0 Å². The van der Waals surface area contributed by atoms with Crippen molar-refractivity contribution in [1.82, 2.24) is 9.97 Å². The minimum Gasteiger partial charge on any atom is -0.232 e. The number of halogens is 2. The molecule has 0 radical (unpaired) electrons. The maximum atomic E-state index is 6.09. The summed E-state index contributed by atoms with van der Waals surface area (Å²) >= 11 is 9.60. The van der Waals surface area contributed by atoms with E-state index in [4.69, 9.17) is 11.6 Å². The van der Waals surface area contributed by atoms with Crippen LogP contribution in [0, 0.1) is 0 Å². The van der Waals surface area contributed by atoms with Gasteiger partial charge in [0.1, 0.15) is 5.15 Å². The van der Waals surface area contributed by atoms with Gasteiger partial charge in [-0.2, -0.15) is 0 Å². The fraction of sp³-hybridized carbons (Fsp3) is 0.286. The van der Waals surface area contributed by atoms with Crippen LogP contribution in [-0.2, 0) is 5.41 Å². The summed E-state index contributed by atoms with van der Waals surface area (Å²) in [4.78, 5) is 8.91. The van der Waals surface area contributed by atoms with Gasteiger partial charge in [-0.1, -0.05) is 66.5 Å². The fourth-order valence-electron chi connectivity index (χ4n) is 1.56. The summed E-state index contributed by atoms with van der Waals surface area (Å²) in [7, 11) is 0. The normalized spacial score (nSPS) is 11.6. The van der Waals surface area contributed by atoms with E-state index in [-0.39, 0.29) is 5.41 Å². The van der Waals surface area contributed by atoms with E-state index in [0.717, 1.165) is 15.7 Å². The van der Waals surface area contributed by atoms with Crippen molar-refractivity contribution in [2.75, 3.05) is 0 Å². The van der Waals surface area contributed by atoms with Crippen molar-refractivity contribution in [3.05, 3.63) is 45.7 Å². The van der Waals surface area contributed by atoms with Crippen molar-refractivity contribution in [2.45, 2.75) is 26.2 Å². The maximum absolute atomic E-state index is 6.09. The lowest BCUT2D eigenvalue weighted by atomic mass is 9.92. The van der Waals surface area contributed by atoms with Crippen LogP contribution in [0.5, 0.6) is 0 Å². The largest absolute Gasteiger partial charge is 0.232 e. The zero-order valence-electron chi connectivity index (χ0n) is 10.5. The van der Waals surface area contributed by atoms with E-state index < -0.39 is 0 Å². The highest BCUT2D eigenvalue weighted by molar-refractivity contribution is 9.10. The van der Waals surface area contributed by atoms with Gasteiger partial charge in [-0.25, -0.2) is 9.97 Å². The van der Waals surface area contributed by atoms with Crippen LogP contribution in [0.15, 0.2) is 34.8 Å². The Hall–Kier alpha value is -0.930. The molecule has 0 unspecified atom stereocenters. The van der Waals surface area contributed by atoms with Crippen LogP contribution in [0.2, 0.25) is 5.15 Å². The third-order valence-corrected chi connectivity index (χ3v) is 3.46. The van der Waals surface area contributed by atoms with Gasteiger partial charge in [0.05, 0.1) is 5.69 Å². The van der Waals surface area contributed by atoms with E-state index in [1.807, 2.05) is 30.3 Å². The number of hydrogen-bond donors (Lipinski definition) is 0. The van der Waals surface area contributed by atoms with Crippen molar-refractivity contribution in [1.29, 1.82) is 0 Å². The summed E-state index contributed by atoms with van der Waals surface area (Å²) in [6, 6.07) is 9.68. The second-order valence-corrected chi connectivity index (χ2v) is 6.37. The highest BCUT2D eigenvalue weighted by Crippen LogP contribution is 2.29. The SMILES string of the molecule is CC(C)(C)c1cc(Cl)nc(-c2ccccc2Br)n1. The Morgan fingerprint density at radius 1 is 1.11 bits per heavy atom. The number of aromatic nitrogens is 2. The predicted molar refractivity (Wildman–Crippen MR) is 78.9 cm³/mol. The third kappa shape index (κ3) is 2.90. The van der Waals surface area contributed by atoms with E-state index in [1.165, 1.54) is 0 Å². The molecule has 4 heteroatoms. The van der Waals surface area contributed by atoms with Crippen molar-refractivity contribution in [3.8, 4) is 11.4 Å². The molecule has 0 bridgehead atoms. The molecule has 94 valence electrons. The minimum atomic E-state index is -0.0530. The molecule has 2 aromatic rings. The zero-order chi connectivity index (χ0) is 13.3. The summed E-state index contributed by atoms with van der Waals surface area (Å²) in [6.07, 6.45) is 0. The quantitative estimate of drug-likeness (QED) is 0.700. The summed E-state index contributed by atoms with van der Waals surface area (Å²) < 4.78 is 0.965. The zero-order valence-corrected chi connectivity index (χ0v) is 12.9. The van der Waals surface area contributed by atoms with Crippen molar-refractivity contribution >= 4 is 27.5 Å². The van der Waals surface area contributed by atoms with Crippen LogP contribution in [0.3, 0.4) is 0 Å². The Balaban J connectivity index is 2.60. The summed E-state index contributed by atoms with van der Waals surface area (Å²) in [5, 5.41) is 0.473. The van der Waals surface area contributed by atoms with E-state index in [9.17, 15) is 0 Å². The Labute approximate surface area is 121 Å². The van der Waals surface area contributed by atoms with Crippen molar-refractivity contribution in [2.24, 2.45) is 0 Å². The molecule has 0 aliphatic heterocycles. The first-order valence-electron chi connectivity index (χ1n) is 5.68. The highest BCUT2D eigenvalue weighted by atomic mass is 79.9. The Kier molecular flexibility index (Phi) is 3.74. The summed E-state index contributed by atoms with van der Waals surface area (Å²) in [5.74, 6) is 0.653. The first-order valence-corrected chi connectivity index (χ1v) is 6.85. The molecular weight excluding hydrogens is 312 g/mol. The van der Waals surface area contributed by atoms with E-state index in [2.05, 4.69) is 46.7 Å². The molecule has 0 fully saturated rings. The van der Waals surface area contributed by atoms with Crippen molar-refractivity contribution in [3.63, 3.8) is 0 Å². The number of hydrogen-bond acceptors (Lipinski definition) is 2. The summed E-state index contributed by atoms with van der Waals surface area (Å²) in [5.41, 5.74) is 1.83. The second-order valence-electron chi connectivity index (χ2n) is 5.13. The molecule has 1 aromatic heterocycles. The van der Waals surface area contributed by atoms with Gasteiger partial charge in [0.15, 0.2) is 5.82 Å². The van der Waals surface area contributed by atoms with Crippen LogP contribution < -0.4 is 0 Å². The number of rotatable bonds is 1. The number of nitrogens with zero attached hydrogens (tertiary/aromatic N) is 2. The highest BCUT2D eigenvalue weighted by Gasteiger charge is 2.18. The molecule has 18 heavy (non-hydrogen) atoms. The Morgan fingerprint density at radius 3 is 2.39 bits per heavy atom. The van der Waals surface area contributed by atoms with Crippen molar-refractivity contribution < 1.29 is 0 Å². The first kappa shape index (κ1) is 13.5.